The summed E-state index contributed by atoms with van der Waals surface area (Å²) in [5, 5.41) is 3.34. The number of rotatable bonds is 3. The second kappa shape index (κ2) is 5.14. The number of halogens is 1. The van der Waals surface area contributed by atoms with Gasteiger partial charge in [-0.05, 0) is 54.5 Å². The molecule has 1 aromatic rings. The van der Waals surface area contributed by atoms with Crippen LogP contribution >= 0.6 is 15.9 Å². The van der Waals surface area contributed by atoms with Gasteiger partial charge in [-0.15, -0.1) is 0 Å². The van der Waals surface area contributed by atoms with Crippen LogP contribution in [0.3, 0.4) is 0 Å². The van der Waals surface area contributed by atoms with E-state index in [1.54, 1.807) is 0 Å². The van der Waals surface area contributed by atoms with E-state index >= 15 is 0 Å². The molecule has 1 saturated heterocycles. The van der Waals surface area contributed by atoms with E-state index in [-0.39, 0.29) is 0 Å². The molecule has 1 aromatic heterocycles. The Balaban J connectivity index is 1.88. The van der Waals surface area contributed by atoms with E-state index in [0.29, 0.717) is 6.04 Å². The van der Waals surface area contributed by atoms with E-state index in [1.165, 1.54) is 19.4 Å². The summed E-state index contributed by atoms with van der Waals surface area (Å²) < 4.78 is 6.33. The highest BCUT2D eigenvalue weighted by Crippen LogP contribution is 2.18. The average molecular weight is 273 g/mol. The van der Waals surface area contributed by atoms with Crippen molar-refractivity contribution in [2.45, 2.75) is 25.4 Å². The van der Waals surface area contributed by atoms with Crippen LogP contribution in [-0.2, 0) is 6.54 Å². The largest absolute Gasteiger partial charge is 0.453 e. The SMILES string of the molecule is CNC1CCCN(Cc2ccc(Br)o2)C1. The predicted molar refractivity (Wildman–Crippen MR) is 63.8 cm³/mol. The van der Waals surface area contributed by atoms with Gasteiger partial charge in [0.25, 0.3) is 0 Å². The molecule has 0 radical (unpaired) electrons. The van der Waals surface area contributed by atoms with Crippen molar-refractivity contribution in [1.29, 1.82) is 0 Å². The maximum atomic E-state index is 5.51. The minimum absolute atomic E-state index is 0.636. The van der Waals surface area contributed by atoms with Crippen LogP contribution in [0.15, 0.2) is 21.2 Å². The molecular weight excluding hydrogens is 256 g/mol. The average Bonchev–Trinajstić information content (AvgIpc) is 2.64. The van der Waals surface area contributed by atoms with Crippen LogP contribution in [0.2, 0.25) is 0 Å². The lowest BCUT2D eigenvalue weighted by atomic mass is 10.1. The lowest BCUT2D eigenvalue weighted by Gasteiger charge is -2.31. The summed E-state index contributed by atoms with van der Waals surface area (Å²) in [6.45, 7) is 3.22. The Morgan fingerprint density at radius 3 is 3.13 bits per heavy atom. The summed E-state index contributed by atoms with van der Waals surface area (Å²) in [7, 11) is 2.04. The van der Waals surface area contributed by atoms with Gasteiger partial charge in [0.2, 0.25) is 0 Å². The molecule has 3 nitrogen and oxygen atoms in total. The van der Waals surface area contributed by atoms with Gasteiger partial charge >= 0.3 is 0 Å². The quantitative estimate of drug-likeness (QED) is 0.915. The first-order valence-electron chi connectivity index (χ1n) is 5.42. The van der Waals surface area contributed by atoms with E-state index in [2.05, 4.69) is 26.1 Å². The smallest absolute Gasteiger partial charge is 0.169 e. The topological polar surface area (TPSA) is 28.4 Å². The fourth-order valence-corrected chi connectivity index (χ4v) is 2.43. The zero-order chi connectivity index (χ0) is 10.7. The molecule has 1 aliphatic heterocycles. The van der Waals surface area contributed by atoms with Gasteiger partial charge < -0.3 is 9.73 Å². The molecule has 1 unspecified atom stereocenters. The van der Waals surface area contributed by atoms with Crippen LogP contribution in [0.4, 0.5) is 0 Å². The molecule has 1 fully saturated rings. The summed E-state index contributed by atoms with van der Waals surface area (Å²) >= 11 is 3.32. The number of likely N-dealkylation sites (tertiary alicyclic amines) is 1. The molecule has 0 aliphatic carbocycles. The number of hydrogen-bond acceptors (Lipinski definition) is 3. The molecule has 0 spiro atoms. The first-order valence-corrected chi connectivity index (χ1v) is 6.21. The lowest BCUT2D eigenvalue weighted by molar-refractivity contribution is 0.175. The fourth-order valence-electron chi connectivity index (χ4n) is 2.09. The molecule has 84 valence electrons. The molecule has 4 heteroatoms. The molecule has 1 atom stereocenters. The van der Waals surface area contributed by atoms with Crippen molar-refractivity contribution in [2.75, 3.05) is 20.1 Å². The van der Waals surface area contributed by atoms with Gasteiger partial charge in [0.05, 0.1) is 6.54 Å². The van der Waals surface area contributed by atoms with Gasteiger partial charge in [0.1, 0.15) is 5.76 Å². The summed E-state index contributed by atoms with van der Waals surface area (Å²) in [6, 6.07) is 4.62. The van der Waals surface area contributed by atoms with Crippen molar-refractivity contribution in [1.82, 2.24) is 10.2 Å². The highest BCUT2D eigenvalue weighted by atomic mass is 79.9. The lowest BCUT2D eigenvalue weighted by Crippen LogP contribution is -2.43. The van der Waals surface area contributed by atoms with Gasteiger partial charge in [0, 0.05) is 12.6 Å². The Morgan fingerprint density at radius 1 is 1.60 bits per heavy atom. The minimum atomic E-state index is 0.636. The number of nitrogens with one attached hydrogen (secondary N) is 1. The molecule has 1 aliphatic rings. The van der Waals surface area contributed by atoms with Crippen LogP contribution in [0.1, 0.15) is 18.6 Å². The van der Waals surface area contributed by atoms with Crippen LogP contribution in [0, 0.1) is 0 Å². The van der Waals surface area contributed by atoms with Crippen LogP contribution in [0.25, 0.3) is 0 Å². The van der Waals surface area contributed by atoms with E-state index < -0.39 is 0 Å². The van der Waals surface area contributed by atoms with Crippen LogP contribution in [0.5, 0.6) is 0 Å². The van der Waals surface area contributed by atoms with E-state index in [0.717, 1.165) is 23.5 Å². The molecule has 2 heterocycles. The number of piperidine rings is 1. The Morgan fingerprint density at radius 2 is 2.47 bits per heavy atom. The fraction of sp³-hybridized carbons (Fsp3) is 0.636. The third kappa shape index (κ3) is 3.06. The summed E-state index contributed by atoms with van der Waals surface area (Å²) in [5.41, 5.74) is 0. The van der Waals surface area contributed by atoms with Crippen molar-refractivity contribution in [3.8, 4) is 0 Å². The minimum Gasteiger partial charge on any atom is -0.453 e. The highest BCUT2D eigenvalue weighted by molar-refractivity contribution is 9.10. The Bertz CT molecular complexity index is 313. The zero-order valence-corrected chi connectivity index (χ0v) is 10.6. The van der Waals surface area contributed by atoms with Crippen molar-refractivity contribution in [3.63, 3.8) is 0 Å². The number of furan rings is 1. The first kappa shape index (κ1) is 11.2. The van der Waals surface area contributed by atoms with Crippen LogP contribution < -0.4 is 5.32 Å². The summed E-state index contributed by atoms with van der Waals surface area (Å²) in [4.78, 5) is 2.44. The molecular formula is C11H17BrN2O. The van der Waals surface area contributed by atoms with Crippen molar-refractivity contribution >= 4 is 15.9 Å². The number of likely N-dealkylation sites (N-methyl/N-ethyl adjacent to an activating group) is 1. The normalized spacial score (nSPS) is 23.2. The number of nitrogens with zero attached hydrogens (tertiary/aromatic N) is 1. The summed E-state index contributed by atoms with van der Waals surface area (Å²) in [5.74, 6) is 1.04. The van der Waals surface area contributed by atoms with E-state index in [4.69, 9.17) is 4.42 Å². The Labute approximate surface area is 99.0 Å². The van der Waals surface area contributed by atoms with Gasteiger partial charge in [-0.1, -0.05) is 0 Å². The van der Waals surface area contributed by atoms with Crippen molar-refractivity contribution in [3.05, 3.63) is 22.6 Å². The molecule has 0 amide bonds. The van der Waals surface area contributed by atoms with Crippen molar-refractivity contribution in [2.24, 2.45) is 0 Å². The maximum Gasteiger partial charge on any atom is 0.169 e. The first-order chi connectivity index (χ1) is 7.28. The Hall–Kier alpha value is -0.320. The second-order valence-electron chi connectivity index (χ2n) is 4.07. The molecule has 15 heavy (non-hydrogen) atoms. The highest BCUT2D eigenvalue weighted by Gasteiger charge is 2.19. The molecule has 1 N–H and O–H groups in total. The maximum absolute atomic E-state index is 5.51. The van der Waals surface area contributed by atoms with Gasteiger partial charge in [-0.2, -0.15) is 0 Å². The molecule has 0 saturated carbocycles. The third-order valence-corrected chi connectivity index (χ3v) is 3.35. The van der Waals surface area contributed by atoms with Gasteiger partial charge in [-0.3, -0.25) is 4.90 Å². The Kier molecular flexibility index (Phi) is 3.83. The van der Waals surface area contributed by atoms with E-state index in [9.17, 15) is 0 Å². The standard InChI is InChI=1S/C11H17BrN2O/c1-13-9-3-2-6-14(7-9)8-10-4-5-11(12)15-10/h4-5,9,13H,2-3,6-8H2,1H3. The summed E-state index contributed by atoms with van der Waals surface area (Å²) in [6.07, 6.45) is 2.56. The predicted octanol–water partition coefficient (Wildman–Crippen LogP) is 2.23. The van der Waals surface area contributed by atoms with Crippen LogP contribution in [-0.4, -0.2) is 31.1 Å². The molecule has 0 aromatic carbocycles. The zero-order valence-electron chi connectivity index (χ0n) is 9.00. The third-order valence-electron chi connectivity index (χ3n) is 2.92. The second-order valence-corrected chi connectivity index (χ2v) is 4.85. The number of hydrogen-bond donors (Lipinski definition) is 1. The molecule has 0 bridgehead atoms. The molecule has 2 rings (SSSR count). The van der Waals surface area contributed by atoms with Crippen molar-refractivity contribution < 1.29 is 4.42 Å². The van der Waals surface area contributed by atoms with Gasteiger partial charge in [-0.25, -0.2) is 0 Å². The van der Waals surface area contributed by atoms with E-state index in [1.807, 2.05) is 19.2 Å². The monoisotopic (exact) mass is 272 g/mol. The van der Waals surface area contributed by atoms with Gasteiger partial charge in [0.15, 0.2) is 4.67 Å².